The van der Waals surface area contributed by atoms with Crippen LogP contribution in [0.2, 0.25) is 5.02 Å². The van der Waals surface area contributed by atoms with Crippen molar-refractivity contribution in [2.24, 2.45) is 0 Å². The average Bonchev–Trinajstić information content (AvgIpc) is 3.34. The van der Waals surface area contributed by atoms with Gasteiger partial charge in [-0.2, -0.15) is 10.1 Å². The minimum Gasteiger partial charge on any atom is -0.343 e. The minimum atomic E-state index is -0.604. The molecule has 0 atom stereocenters. The van der Waals surface area contributed by atoms with E-state index in [1.807, 2.05) is 19.1 Å². The first-order valence-corrected chi connectivity index (χ1v) is 12.0. The lowest BCUT2D eigenvalue weighted by atomic mass is 9.89. The van der Waals surface area contributed by atoms with Gasteiger partial charge in [0.25, 0.3) is 0 Å². The van der Waals surface area contributed by atoms with Crippen LogP contribution in [0, 0.1) is 6.92 Å². The molecule has 2 amide bonds. The van der Waals surface area contributed by atoms with Crippen molar-refractivity contribution in [1.82, 2.24) is 25.2 Å². The summed E-state index contributed by atoms with van der Waals surface area (Å²) in [6, 6.07) is 9.06. The van der Waals surface area contributed by atoms with Crippen molar-refractivity contribution in [3.63, 3.8) is 0 Å². The molecule has 1 fully saturated rings. The van der Waals surface area contributed by atoms with Gasteiger partial charge in [-0.1, -0.05) is 48.5 Å². The lowest BCUT2D eigenvalue weighted by Crippen LogP contribution is -2.45. The minimum absolute atomic E-state index is 0.112. The zero-order valence-corrected chi connectivity index (χ0v) is 20.2. The summed E-state index contributed by atoms with van der Waals surface area (Å²) in [5.41, 5.74) is 0.917. The van der Waals surface area contributed by atoms with Crippen molar-refractivity contribution < 1.29 is 14.1 Å². The molecule has 0 bridgehead atoms. The molecule has 10 heteroatoms. The molecule has 9 nitrogen and oxygen atoms in total. The largest absolute Gasteiger partial charge is 0.343 e. The highest BCUT2D eigenvalue weighted by Crippen LogP contribution is 2.34. The Balaban J connectivity index is 1.42. The summed E-state index contributed by atoms with van der Waals surface area (Å²) in [6.07, 6.45) is 6.24. The molecule has 0 spiro atoms. The number of aryl methyl sites for hydroxylation is 2. The van der Waals surface area contributed by atoms with Crippen LogP contribution in [0.15, 0.2) is 34.9 Å². The van der Waals surface area contributed by atoms with Gasteiger partial charge in [0.2, 0.25) is 17.7 Å². The van der Waals surface area contributed by atoms with E-state index in [0.717, 1.165) is 49.9 Å². The Morgan fingerprint density at radius 2 is 1.94 bits per heavy atom. The molecule has 0 saturated heterocycles. The molecule has 1 aliphatic carbocycles. The van der Waals surface area contributed by atoms with E-state index in [1.54, 1.807) is 22.9 Å². The van der Waals surface area contributed by atoms with Crippen LogP contribution in [0.1, 0.15) is 69.3 Å². The monoisotopic (exact) mass is 484 g/mol. The first-order valence-electron chi connectivity index (χ1n) is 11.6. The molecule has 1 saturated carbocycles. The van der Waals surface area contributed by atoms with Crippen LogP contribution in [-0.2, 0) is 21.5 Å². The van der Waals surface area contributed by atoms with Gasteiger partial charge in [0.1, 0.15) is 11.4 Å². The summed E-state index contributed by atoms with van der Waals surface area (Å²) in [6.45, 7) is 3.36. The van der Waals surface area contributed by atoms with E-state index >= 15 is 0 Å². The maximum absolute atomic E-state index is 12.7. The van der Waals surface area contributed by atoms with Crippen LogP contribution >= 0.6 is 11.6 Å². The molecule has 0 radical (unpaired) electrons. The molecule has 4 rings (SSSR count). The van der Waals surface area contributed by atoms with Gasteiger partial charge in [0.05, 0.1) is 11.4 Å². The Kier molecular flexibility index (Phi) is 7.31. The molecule has 2 aromatic heterocycles. The van der Waals surface area contributed by atoms with E-state index < -0.39 is 5.54 Å². The first-order chi connectivity index (χ1) is 16.3. The molecule has 3 aromatic rings. The fourth-order valence-corrected chi connectivity index (χ4v) is 4.63. The Morgan fingerprint density at radius 3 is 2.65 bits per heavy atom. The summed E-state index contributed by atoms with van der Waals surface area (Å²) in [5, 5.41) is 15.2. The third-order valence-corrected chi connectivity index (χ3v) is 6.22. The van der Waals surface area contributed by atoms with Gasteiger partial charge in [-0.05, 0) is 38.0 Å². The van der Waals surface area contributed by atoms with Gasteiger partial charge in [0, 0.05) is 30.9 Å². The Labute approximate surface area is 203 Å². The van der Waals surface area contributed by atoms with Crippen molar-refractivity contribution >= 4 is 29.2 Å². The summed E-state index contributed by atoms with van der Waals surface area (Å²) in [4.78, 5) is 29.1. The summed E-state index contributed by atoms with van der Waals surface area (Å²) >= 11 is 6.11. The third kappa shape index (κ3) is 5.64. The van der Waals surface area contributed by atoms with Gasteiger partial charge >= 0.3 is 0 Å². The summed E-state index contributed by atoms with van der Waals surface area (Å²) < 4.78 is 7.10. The summed E-state index contributed by atoms with van der Waals surface area (Å²) in [5.74, 6) is 1.11. The number of carbonyl (C=O) groups is 2. The number of hydrogen-bond donors (Lipinski definition) is 2. The van der Waals surface area contributed by atoms with Crippen LogP contribution in [0.5, 0.6) is 0 Å². The maximum Gasteiger partial charge on any atom is 0.227 e. The van der Waals surface area contributed by atoms with Gasteiger partial charge in [0.15, 0.2) is 5.82 Å². The molecule has 0 unspecified atom stereocenters. The molecule has 1 aromatic carbocycles. The lowest BCUT2D eigenvalue weighted by Gasteiger charge is -2.30. The number of aromatic nitrogens is 4. The number of carbonyl (C=O) groups excluding carboxylic acids is 2. The molecule has 180 valence electrons. The Bertz CT molecular complexity index is 1160. The number of hydrogen-bond acceptors (Lipinski definition) is 6. The van der Waals surface area contributed by atoms with Crippen molar-refractivity contribution in [2.45, 2.75) is 70.8 Å². The van der Waals surface area contributed by atoms with E-state index in [9.17, 15) is 9.59 Å². The third-order valence-electron chi connectivity index (χ3n) is 5.99. The highest BCUT2D eigenvalue weighted by molar-refractivity contribution is 6.30. The normalized spacial score (nSPS) is 15.5. The van der Waals surface area contributed by atoms with E-state index in [1.165, 1.54) is 6.92 Å². The molecule has 2 heterocycles. The van der Waals surface area contributed by atoms with E-state index in [2.05, 4.69) is 25.9 Å². The zero-order chi connectivity index (χ0) is 24.1. The lowest BCUT2D eigenvalue weighted by molar-refractivity contribution is -0.121. The second-order valence-electron chi connectivity index (χ2n) is 8.80. The number of rotatable bonds is 7. The number of nitrogens with zero attached hydrogens (tertiary/aromatic N) is 4. The molecule has 34 heavy (non-hydrogen) atoms. The van der Waals surface area contributed by atoms with E-state index in [4.69, 9.17) is 16.1 Å². The number of halogens is 1. The predicted octanol–water partition coefficient (Wildman–Crippen LogP) is 4.47. The second-order valence-corrected chi connectivity index (χ2v) is 9.24. The van der Waals surface area contributed by atoms with Gasteiger partial charge in [-0.15, -0.1) is 0 Å². The van der Waals surface area contributed by atoms with E-state index in [0.29, 0.717) is 29.0 Å². The van der Waals surface area contributed by atoms with Gasteiger partial charge in [-0.3, -0.25) is 9.59 Å². The fourth-order valence-electron chi connectivity index (χ4n) is 4.44. The molecular formula is C24H29ClN6O3. The van der Waals surface area contributed by atoms with Gasteiger partial charge < -0.3 is 15.2 Å². The highest BCUT2D eigenvalue weighted by Gasteiger charge is 2.38. The van der Waals surface area contributed by atoms with Gasteiger partial charge in [-0.25, -0.2) is 4.68 Å². The Hall–Kier alpha value is -3.20. The van der Waals surface area contributed by atoms with Crippen LogP contribution in [0.25, 0.3) is 5.69 Å². The second kappa shape index (κ2) is 10.4. The number of amides is 2. The standard InChI is InChI=1S/C24H29ClN6O3/c1-16-14-20(31(29-16)19-9-7-8-18(25)15-19)26-21(33)10-11-22-27-23(30-34-22)24(28-17(2)32)12-5-3-4-6-13-24/h7-9,14-15H,3-6,10-13H2,1-2H3,(H,26,33)(H,28,32). The van der Waals surface area contributed by atoms with Crippen LogP contribution in [0.3, 0.4) is 0 Å². The number of anilines is 1. The van der Waals surface area contributed by atoms with Crippen molar-refractivity contribution in [3.8, 4) is 5.69 Å². The first kappa shape index (κ1) is 23.9. The van der Waals surface area contributed by atoms with E-state index in [-0.39, 0.29) is 18.2 Å². The predicted molar refractivity (Wildman–Crippen MR) is 128 cm³/mol. The topological polar surface area (TPSA) is 115 Å². The van der Waals surface area contributed by atoms with Crippen molar-refractivity contribution in [2.75, 3.05) is 5.32 Å². The fraction of sp³-hybridized carbons (Fsp3) is 0.458. The van der Waals surface area contributed by atoms with Crippen molar-refractivity contribution in [3.05, 3.63) is 52.8 Å². The molecule has 0 aliphatic heterocycles. The molecule has 1 aliphatic rings. The zero-order valence-electron chi connectivity index (χ0n) is 19.4. The summed E-state index contributed by atoms with van der Waals surface area (Å²) in [7, 11) is 0. The van der Waals surface area contributed by atoms with Crippen LogP contribution in [-0.4, -0.2) is 31.7 Å². The van der Waals surface area contributed by atoms with Crippen LogP contribution < -0.4 is 10.6 Å². The highest BCUT2D eigenvalue weighted by atomic mass is 35.5. The Morgan fingerprint density at radius 1 is 1.18 bits per heavy atom. The van der Waals surface area contributed by atoms with Crippen LogP contribution in [0.4, 0.5) is 5.82 Å². The molecule has 2 N–H and O–H groups in total. The van der Waals surface area contributed by atoms with Crippen molar-refractivity contribution in [1.29, 1.82) is 0 Å². The SMILES string of the molecule is CC(=O)NC1(c2noc(CCC(=O)Nc3cc(C)nn3-c3cccc(Cl)c3)n2)CCCCCC1. The average molecular weight is 485 g/mol. The number of benzene rings is 1. The smallest absolute Gasteiger partial charge is 0.227 e. The maximum atomic E-state index is 12.7. The molecular weight excluding hydrogens is 456 g/mol. The quantitative estimate of drug-likeness (QED) is 0.478. The number of nitrogens with one attached hydrogen (secondary N) is 2.